The molecule has 0 aromatic carbocycles. The maximum atomic E-state index is 2.43. The third-order valence-corrected chi connectivity index (χ3v) is 4.78. The zero-order valence-corrected chi connectivity index (χ0v) is 12.8. The van der Waals surface area contributed by atoms with Crippen LogP contribution in [-0.4, -0.2) is 5.25 Å². The quantitative estimate of drug-likeness (QED) is 0.443. The van der Waals surface area contributed by atoms with Gasteiger partial charge in [0, 0.05) is 5.25 Å². The molecule has 100 valence electrons. The van der Waals surface area contributed by atoms with Crippen LogP contribution in [0.15, 0.2) is 11.0 Å². The Balaban J connectivity index is 1.96. The van der Waals surface area contributed by atoms with Gasteiger partial charge < -0.3 is 0 Å². The molecule has 0 saturated heterocycles. The van der Waals surface area contributed by atoms with E-state index in [0.717, 1.165) is 11.2 Å². The van der Waals surface area contributed by atoms with Gasteiger partial charge in [-0.2, -0.15) is 0 Å². The Hall–Kier alpha value is 0.0900. The molecule has 0 aliphatic carbocycles. The Kier molecular flexibility index (Phi) is 8.09. The summed E-state index contributed by atoms with van der Waals surface area (Å²) in [5.74, 6) is 0.901. The van der Waals surface area contributed by atoms with E-state index >= 15 is 0 Å². The van der Waals surface area contributed by atoms with Crippen molar-refractivity contribution in [3.05, 3.63) is 11.0 Å². The third-order valence-electron chi connectivity index (χ3n) is 3.68. The van der Waals surface area contributed by atoms with Crippen LogP contribution in [0.4, 0.5) is 0 Å². The van der Waals surface area contributed by atoms with Crippen LogP contribution in [0.3, 0.4) is 0 Å². The number of hydrogen-bond acceptors (Lipinski definition) is 1. The highest BCUT2D eigenvalue weighted by Crippen LogP contribution is 2.33. The molecule has 2 atom stereocenters. The van der Waals surface area contributed by atoms with E-state index in [0.29, 0.717) is 0 Å². The van der Waals surface area contributed by atoms with Crippen LogP contribution in [0.25, 0.3) is 0 Å². The lowest BCUT2D eigenvalue weighted by molar-refractivity contribution is 0.476. The van der Waals surface area contributed by atoms with Crippen LogP contribution in [-0.2, 0) is 0 Å². The van der Waals surface area contributed by atoms with Crippen molar-refractivity contribution in [3.63, 3.8) is 0 Å². The fourth-order valence-corrected chi connectivity index (χ4v) is 3.56. The molecule has 0 spiro atoms. The summed E-state index contributed by atoms with van der Waals surface area (Å²) in [6.45, 7) is 7.06. The van der Waals surface area contributed by atoms with Crippen molar-refractivity contribution in [1.29, 1.82) is 0 Å². The van der Waals surface area contributed by atoms with Crippen LogP contribution in [0.5, 0.6) is 0 Å². The topological polar surface area (TPSA) is 0 Å². The van der Waals surface area contributed by atoms with Crippen LogP contribution < -0.4 is 0 Å². The average molecular weight is 254 g/mol. The van der Waals surface area contributed by atoms with Gasteiger partial charge in [-0.3, -0.25) is 0 Å². The summed E-state index contributed by atoms with van der Waals surface area (Å²) in [5.41, 5.74) is 1.71. The Morgan fingerprint density at radius 2 is 1.94 bits per heavy atom. The molecule has 17 heavy (non-hydrogen) atoms. The molecule has 0 N–H and O–H groups in total. The van der Waals surface area contributed by atoms with Gasteiger partial charge in [0.2, 0.25) is 0 Å². The summed E-state index contributed by atoms with van der Waals surface area (Å²) in [5, 5.41) is 3.26. The van der Waals surface area contributed by atoms with Gasteiger partial charge in [0.05, 0.1) is 0 Å². The number of unbranched alkanes of at least 4 members (excludes halogenated alkanes) is 5. The summed E-state index contributed by atoms with van der Waals surface area (Å²) in [6.07, 6.45) is 12.7. The lowest BCUT2D eigenvalue weighted by atomic mass is 9.94. The Morgan fingerprint density at radius 1 is 1.24 bits per heavy atom. The molecule has 0 radical (unpaired) electrons. The van der Waals surface area contributed by atoms with Crippen LogP contribution >= 0.6 is 11.8 Å². The molecule has 1 aliphatic heterocycles. The average Bonchev–Trinajstić information content (AvgIpc) is 2.69. The molecule has 1 heteroatoms. The van der Waals surface area contributed by atoms with Gasteiger partial charge in [-0.05, 0) is 24.2 Å². The van der Waals surface area contributed by atoms with Crippen molar-refractivity contribution in [3.8, 4) is 0 Å². The second kappa shape index (κ2) is 9.08. The molecule has 1 unspecified atom stereocenters. The van der Waals surface area contributed by atoms with Gasteiger partial charge >= 0.3 is 0 Å². The van der Waals surface area contributed by atoms with Crippen molar-refractivity contribution in [2.24, 2.45) is 5.92 Å². The zero-order valence-electron chi connectivity index (χ0n) is 12.0. The summed E-state index contributed by atoms with van der Waals surface area (Å²) in [6, 6.07) is 0. The van der Waals surface area contributed by atoms with Crippen molar-refractivity contribution in [2.75, 3.05) is 0 Å². The molecule has 0 amide bonds. The lowest BCUT2D eigenvalue weighted by Crippen LogP contribution is -1.98. The maximum Gasteiger partial charge on any atom is 0.00975 e. The first kappa shape index (κ1) is 15.1. The Morgan fingerprint density at radius 3 is 2.59 bits per heavy atom. The molecular weight excluding hydrogens is 224 g/mol. The van der Waals surface area contributed by atoms with E-state index in [-0.39, 0.29) is 0 Å². The number of allylic oxidation sites excluding steroid dienone is 1. The van der Waals surface area contributed by atoms with Gasteiger partial charge in [0.15, 0.2) is 0 Å². The summed E-state index contributed by atoms with van der Waals surface area (Å²) in [7, 11) is 0. The van der Waals surface area contributed by atoms with Crippen molar-refractivity contribution in [2.45, 2.75) is 83.8 Å². The number of rotatable bonds is 9. The van der Waals surface area contributed by atoms with E-state index in [1.165, 1.54) is 57.8 Å². The van der Waals surface area contributed by atoms with E-state index in [2.05, 4.69) is 26.2 Å². The van der Waals surface area contributed by atoms with Crippen molar-refractivity contribution in [1.82, 2.24) is 0 Å². The molecule has 0 aromatic heterocycles. The molecule has 1 rings (SSSR count). The normalized spacial score (nSPS) is 21.6. The molecule has 0 bridgehead atoms. The summed E-state index contributed by atoms with van der Waals surface area (Å²) < 4.78 is 0. The minimum atomic E-state index is 0.839. The highest BCUT2D eigenvalue weighted by molar-refractivity contribution is 8.03. The summed E-state index contributed by atoms with van der Waals surface area (Å²) >= 11 is 2.02. The van der Waals surface area contributed by atoms with E-state index in [4.69, 9.17) is 0 Å². The highest BCUT2D eigenvalue weighted by atomic mass is 32.2. The fourth-order valence-electron chi connectivity index (χ4n) is 2.63. The lowest BCUT2D eigenvalue weighted by Gasteiger charge is -2.12. The number of hydrogen-bond donors (Lipinski definition) is 0. The number of thioether (sulfide) groups is 1. The van der Waals surface area contributed by atoms with Crippen molar-refractivity contribution >= 4 is 11.8 Å². The summed E-state index contributed by atoms with van der Waals surface area (Å²) in [4.78, 5) is 0. The molecule has 1 heterocycles. The molecule has 0 fully saturated rings. The molecule has 0 saturated carbocycles. The van der Waals surface area contributed by atoms with Gasteiger partial charge in [-0.15, -0.1) is 11.8 Å². The van der Waals surface area contributed by atoms with Gasteiger partial charge in [0.25, 0.3) is 0 Å². The van der Waals surface area contributed by atoms with Gasteiger partial charge in [-0.1, -0.05) is 71.3 Å². The van der Waals surface area contributed by atoms with Crippen molar-refractivity contribution < 1.29 is 0 Å². The zero-order chi connectivity index (χ0) is 12.5. The molecule has 0 aromatic rings. The monoisotopic (exact) mass is 254 g/mol. The third kappa shape index (κ3) is 7.18. The molecule has 1 aliphatic rings. The van der Waals surface area contributed by atoms with Crippen LogP contribution in [0.1, 0.15) is 78.6 Å². The largest absolute Gasteiger partial charge is 0.131 e. The van der Waals surface area contributed by atoms with E-state index in [9.17, 15) is 0 Å². The predicted octanol–water partition coefficient (Wildman–Crippen LogP) is 6.17. The Labute approximate surface area is 113 Å². The first-order chi connectivity index (χ1) is 8.22. The first-order valence-electron chi connectivity index (χ1n) is 7.55. The van der Waals surface area contributed by atoms with Crippen LogP contribution in [0, 0.1) is 5.92 Å². The van der Waals surface area contributed by atoms with E-state index < -0.39 is 0 Å². The van der Waals surface area contributed by atoms with Crippen LogP contribution in [0.2, 0.25) is 0 Å². The Bertz CT molecular complexity index is 220. The highest BCUT2D eigenvalue weighted by Gasteiger charge is 2.15. The van der Waals surface area contributed by atoms with E-state index in [1.807, 2.05) is 11.8 Å². The van der Waals surface area contributed by atoms with E-state index in [1.54, 1.807) is 5.57 Å². The minimum Gasteiger partial charge on any atom is -0.131 e. The predicted molar refractivity (Wildman–Crippen MR) is 81.5 cm³/mol. The first-order valence-corrected chi connectivity index (χ1v) is 8.50. The second-order valence-corrected chi connectivity index (χ2v) is 7.11. The van der Waals surface area contributed by atoms with Gasteiger partial charge in [-0.25, -0.2) is 0 Å². The van der Waals surface area contributed by atoms with Gasteiger partial charge in [0.1, 0.15) is 0 Å². The minimum absolute atomic E-state index is 0.839. The SMILES string of the molecule is CCCCCCCCC(C)CC1=CS[C@H](C)C1. The maximum absolute atomic E-state index is 2.43. The molecular formula is C16H30S. The molecule has 0 nitrogen and oxygen atoms in total. The standard InChI is InChI=1S/C16H30S/c1-4-5-6-7-8-9-10-14(2)11-16-12-15(3)17-13-16/h13-15H,4-12H2,1-3H3/t14?,15-/m1/s1. The fraction of sp³-hybridized carbons (Fsp3) is 0.875. The smallest absolute Gasteiger partial charge is 0.00975 e. The second-order valence-electron chi connectivity index (χ2n) is 5.79.